The first kappa shape index (κ1) is 9.51. The number of nitrogens with one attached hydrogen (secondary N) is 1. The first-order valence-corrected chi connectivity index (χ1v) is 4.65. The van der Waals surface area contributed by atoms with Crippen molar-refractivity contribution in [3.8, 4) is 0 Å². The largest absolute Gasteiger partial charge is 0.363 e. The summed E-state index contributed by atoms with van der Waals surface area (Å²) in [6.45, 7) is 2.49. The van der Waals surface area contributed by atoms with Crippen LogP contribution in [0.4, 0.5) is 5.82 Å². The van der Waals surface area contributed by atoms with Crippen LogP contribution in [0.1, 0.15) is 11.5 Å². The molecular formula is C10H11N5. The van der Waals surface area contributed by atoms with E-state index >= 15 is 0 Å². The van der Waals surface area contributed by atoms with Gasteiger partial charge in [-0.15, -0.1) is 5.10 Å². The zero-order valence-electron chi connectivity index (χ0n) is 8.38. The summed E-state index contributed by atoms with van der Waals surface area (Å²) in [7, 11) is 0. The summed E-state index contributed by atoms with van der Waals surface area (Å²) in [6, 6.07) is 5.57. The summed E-state index contributed by atoms with van der Waals surface area (Å²) >= 11 is 0. The molecule has 0 fully saturated rings. The van der Waals surface area contributed by atoms with Gasteiger partial charge in [-0.2, -0.15) is 5.10 Å². The first-order valence-electron chi connectivity index (χ1n) is 4.65. The standard InChI is InChI=1S/C10H11N5/c1-8-11-6-4-9(14-8)7-12-10-3-2-5-13-15-10/h2-6H,7H2,1H3,(H,12,15). The predicted molar refractivity (Wildman–Crippen MR) is 56.1 cm³/mol. The maximum Gasteiger partial charge on any atom is 0.148 e. The molecule has 0 aliphatic heterocycles. The predicted octanol–water partition coefficient (Wildman–Crippen LogP) is 1.19. The molecule has 0 unspecified atom stereocenters. The zero-order chi connectivity index (χ0) is 10.5. The Bertz CT molecular complexity index is 429. The summed E-state index contributed by atoms with van der Waals surface area (Å²) in [4.78, 5) is 8.29. The molecule has 1 N–H and O–H groups in total. The van der Waals surface area contributed by atoms with Crippen LogP contribution in [0.5, 0.6) is 0 Å². The van der Waals surface area contributed by atoms with Gasteiger partial charge in [-0.1, -0.05) is 0 Å². The van der Waals surface area contributed by atoms with E-state index < -0.39 is 0 Å². The highest BCUT2D eigenvalue weighted by Gasteiger charge is 1.96. The minimum absolute atomic E-state index is 0.627. The van der Waals surface area contributed by atoms with Crippen LogP contribution >= 0.6 is 0 Å². The molecule has 0 radical (unpaired) electrons. The van der Waals surface area contributed by atoms with Crippen LogP contribution in [0, 0.1) is 6.92 Å². The second-order valence-electron chi connectivity index (χ2n) is 3.06. The van der Waals surface area contributed by atoms with Gasteiger partial charge in [0.15, 0.2) is 0 Å². The summed E-state index contributed by atoms with van der Waals surface area (Å²) in [5, 5.41) is 10.8. The summed E-state index contributed by atoms with van der Waals surface area (Å²) in [5.74, 6) is 1.52. The minimum Gasteiger partial charge on any atom is -0.363 e. The molecule has 0 aromatic carbocycles. The van der Waals surface area contributed by atoms with Crippen molar-refractivity contribution in [1.82, 2.24) is 20.2 Å². The lowest BCUT2D eigenvalue weighted by atomic mass is 10.4. The fraction of sp³-hybridized carbons (Fsp3) is 0.200. The van der Waals surface area contributed by atoms with E-state index in [0.717, 1.165) is 17.3 Å². The van der Waals surface area contributed by atoms with Crippen molar-refractivity contribution in [2.75, 3.05) is 5.32 Å². The van der Waals surface area contributed by atoms with Crippen LogP contribution in [0.3, 0.4) is 0 Å². The molecule has 0 spiro atoms. The Kier molecular flexibility index (Phi) is 2.82. The Balaban J connectivity index is 1.99. The van der Waals surface area contributed by atoms with Crippen LogP contribution in [0.15, 0.2) is 30.6 Å². The molecule has 0 saturated carbocycles. The Morgan fingerprint density at radius 2 is 2.20 bits per heavy atom. The van der Waals surface area contributed by atoms with Crippen molar-refractivity contribution in [2.45, 2.75) is 13.5 Å². The van der Waals surface area contributed by atoms with E-state index in [1.807, 2.05) is 25.1 Å². The van der Waals surface area contributed by atoms with Crippen LogP contribution in [0.2, 0.25) is 0 Å². The fourth-order valence-corrected chi connectivity index (χ4v) is 1.18. The third-order valence-corrected chi connectivity index (χ3v) is 1.86. The molecule has 5 heteroatoms. The zero-order valence-corrected chi connectivity index (χ0v) is 8.38. The lowest BCUT2D eigenvalue weighted by Gasteiger charge is -2.03. The van der Waals surface area contributed by atoms with E-state index in [1.165, 1.54) is 0 Å². The lowest BCUT2D eigenvalue weighted by molar-refractivity contribution is 0.936. The average Bonchev–Trinajstić information content (AvgIpc) is 2.28. The van der Waals surface area contributed by atoms with Crippen molar-refractivity contribution in [3.05, 3.63) is 42.1 Å². The maximum absolute atomic E-state index is 4.27. The molecule has 0 aliphatic carbocycles. The van der Waals surface area contributed by atoms with Crippen molar-refractivity contribution in [3.63, 3.8) is 0 Å². The van der Waals surface area contributed by atoms with Gasteiger partial charge >= 0.3 is 0 Å². The number of aryl methyl sites for hydroxylation is 1. The molecule has 2 aromatic rings. The van der Waals surface area contributed by atoms with E-state index in [1.54, 1.807) is 12.4 Å². The van der Waals surface area contributed by atoms with Crippen molar-refractivity contribution >= 4 is 5.82 Å². The summed E-state index contributed by atoms with van der Waals surface area (Å²) in [5.41, 5.74) is 0.938. The second-order valence-corrected chi connectivity index (χ2v) is 3.06. The molecule has 76 valence electrons. The first-order chi connectivity index (χ1) is 7.34. The number of nitrogens with zero attached hydrogens (tertiary/aromatic N) is 4. The highest BCUT2D eigenvalue weighted by atomic mass is 15.2. The molecule has 2 aromatic heterocycles. The van der Waals surface area contributed by atoms with E-state index in [0.29, 0.717) is 6.54 Å². The Morgan fingerprint density at radius 3 is 2.93 bits per heavy atom. The molecule has 2 heterocycles. The Morgan fingerprint density at radius 1 is 1.27 bits per heavy atom. The van der Waals surface area contributed by atoms with Crippen LogP contribution in [-0.2, 0) is 6.54 Å². The molecule has 0 atom stereocenters. The lowest BCUT2D eigenvalue weighted by Crippen LogP contribution is -2.04. The Labute approximate surface area is 87.6 Å². The molecule has 2 rings (SSSR count). The Hall–Kier alpha value is -2.04. The van der Waals surface area contributed by atoms with Crippen molar-refractivity contribution in [2.24, 2.45) is 0 Å². The molecule has 0 amide bonds. The molecular weight excluding hydrogens is 190 g/mol. The van der Waals surface area contributed by atoms with E-state index in [9.17, 15) is 0 Å². The van der Waals surface area contributed by atoms with Gasteiger partial charge in [-0.05, 0) is 25.1 Å². The average molecular weight is 201 g/mol. The third kappa shape index (κ3) is 2.70. The maximum atomic E-state index is 4.27. The molecule has 0 aliphatic rings. The highest BCUT2D eigenvalue weighted by molar-refractivity contribution is 5.31. The van der Waals surface area contributed by atoms with Crippen LogP contribution in [0.25, 0.3) is 0 Å². The molecule has 15 heavy (non-hydrogen) atoms. The number of hydrogen-bond acceptors (Lipinski definition) is 5. The van der Waals surface area contributed by atoms with E-state index in [2.05, 4.69) is 25.5 Å². The SMILES string of the molecule is Cc1nccc(CNc2cccnn2)n1. The van der Waals surface area contributed by atoms with Gasteiger partial charge in [-0.3, -0.25) is 0 Å². The summed E-state index contributed by atoms with van der Waals surface area (Å²) < 4.78 is 0. The monoisotopic (exact) mass is 201 g/mol. The van der Waals surface area contributed by atoms with Crippen LogP contribution in [-0.4, -0.2) is 20.2 Å². The number of anilines is 1. The number of rotatable bonds is 3. The van der Waals surface area contributed by atoms with Gasteiger partial charge in [-0.25, -0.2) is 9.97 Å². The van der Waals surface area contributed by atoms with Crippen LogP contribution < -0.4 is 5.32 Å². The minimum atomic E-state index is 0.627. The normalized spacial score (nSPS) is 9.93. The van der Waals surface area contributed by atoms with Crippen molar-refractivity contribution < 1.29 is 0 Å². The molecule has 5 nitrogen and oxygen atoms in total. The topological polar surface area (TPSA) is 63.6 Å². The van der Waals surface area contributed by atoms with Gasteiger partial charge in [0.25, 0.3) is 0 Å². The smallest absolute Gasteiger partial charge is 0.148 e. The highest BCUT2D eigenvalue weighted by Crippen LogP contribution is 2.01. The third-order valence-electron chi connectivity index (χ3n) is 1.86. The van der Waals surface area contributed by atoms with E-state index in [-0.39, 0.29) is 0 Å². The van der Waals surface area contributed by atoms with Gasteiger partial charge < -0.3 is 5.32 Å². The number of hydrogen-bond donors (Lipinski definition) is 1. The van der Waals surface area contributed by atoms with Gasteiger partial charge in [0.2, 0.25) is 0 Å². The second kappa shape index (κ2) is 4.45. The quantitative estimate of drug-likeness (QED) is 0.808. The van der Waals surface area contributed by atoms with Gasteiger partial charge in [0.1, 0.15) is 11.6 Å². The van der Waals surface area contributed by atoms with Crippen molar-refractivity contribution in [1.29, 1.82) is 0 Å². The van der Waals surface area contributed by atoms with Gasteiger partial charge in [0.05, 0.1) is 12.2 Å². The number of aromatic nitrogens is 4. The van der Waals surface area contributed by atoms with Gasteiger partial charge in [0, 0.05) is 12.4 Å². The molecule has 0 saturated heterocycles. The van der Waals surface area contributed by atoms with E-state index in [4.69, 9.17) is 0 Å². The fourth-order valence-electron chi connectivity index (χ4n) is 1.18. The summed E-state index contributed by atoms with van der Waals surface area (Å²) in [6.07, 6.45) is 3.38. The molecule has 0 bridgehead atoms.